The minimum absolute atomic E-state index is 0.0311. The average molecular weight is 202 g/mol. The molecule has 0 spiro atoms. The summed E-state index contributed by atoms with van der Waals surface area (Å²) in [6.45, 7) is 1.57. The predicted octanol–water partition coefficient (Wildman–Crippen LogP) is 0.619. The van der Waals surface area contributed by atoms with E-state index in [4.69, 9.17) is 5.11 Å². The van der Waals surface area contributed by atoms with E-state index in [9.17, 15) is 14.4 Å². The number of esters is 1. The number of carbonyl (C=O) groups excluding carboxylic acids is 2. The Bertz CT molecular complexity index is 233. The summed E-state index contributed by atoms with van der Waals surface area (Å²) < 4.78 is 4.43. The van der Waals surface area contributed by atoms with E-state index in [1.807, 2.05) is 0 Å². The quantitative estimate of drug-likeness (QED) is 0.638. The highest BCUT2D eigenvalue weighted by Gasteiger charge is 2.17. The Labute approximate surface area is 82.1 Å². The number of carboxylic acids is 1. The van der Waals surface area contributed by atoms with E-state index in [-0.39, 0.29) is 25.0 Å². The topological polar surface area (TPSA) is 80.7 Å². The molecule has 0 aliphatic carbocycles. The average Bonchev–Trinajstić information content (AvgIpc) is 2.13. The summed E-state index contributed by atoms with van der Waals surface area (Å²) in [4.78, 5) is 32.1. The van der Waals surface area contributed by atoms with E-state index in [1.54, 1.807) is 6.92 Å². The molecule has 14 heavy (non-hydrogen) atoms. The van der Waals surface area contributed by atoms with E-state index in [2.05, 4.69) is 4.74 Å². The minimum atomic E-state index is -1.01. The number of methoxy groups -OCH3 is 1. The van der Waals surface area contributed by atoms with Gasteiger partial charge in [-0.15, -0.1) is 0 Å². The zero-order valence-electron chi connectivity index (χ0n) is 8.28. The predicted molar refractivity (Wildman–Crippen MR) is 47.7 cm³/mol. The van der Waals surface area contributed by atoms with Crippen molar-refractivity contribution in [2.24, 2.45) is 5.92 Å². The molecule has 0 rings (SSSR count). The van der Waals surface area contributed by atoms with E-state index < -0.39 is 17.9 Å². The third-order valence-corrected chi connectivity index (χ3v) is 1.76. The summed E-state index contributed by atoms with van der Waals surface area (Å²) in [7, 11) is 1.25. The molecule has 1 N–H and O–H groups in total. The van der Waals surface area contributed by atoms with Gasteiger partial charge in [0, 0.05) is 12.8 Å². The molecule has 1 unspecified atom stereocenters. The Hall–Kier alpha value is -1.39. The number of aliphatic carboxylic acids is 1. The molecule has 5 heteroatoms. The molecule has 0 heterocycles. The van der Waals surface area contributed by atoms with Gasteiger partial charge >= 0.3 is 11.9 Å². The largest absolute Gasteiger partial charge is 0.481 e. The van der Waals surface area contributed by atoms with Crippen molar-refractivity contribution in [2.75, 3.05) is 7.11 Å². The van der Waals surface area contributed by atoms with Crippen LogP contribution in [0.15, 0.2) is 0 Å². The number of rotatable bonds is 6. The molecule has 80 valence electrons. The molecule has 0 saturated heterocycles. The molecule has 1 atom stereocenters. The SMILES string of the molecule is COC(=O)C(C)CC(=O)CCC(=O)O. The molecule has 0 amide bonds. The van der Waals surface area contributed by atoms with Crippen molar-refractivity contribution in [1.29, 1.82) is 0 Å². The monoisotopic (exact) mass is 202 g/mol. The third kappa shape index (κ3) is 5.29. The summed E-state index contributed by atoms with van der Waals surface area (Å²) in [5, 5.41) is 8.31. The lowest BCUT2D eigenvalue weighted by molar-refractivity contribution is -0.146. The molecule has 0 saturated carbocycles. The van der Waals surface area contributed by atoms with Crippen LogP contribution in [0, 0.1) is 5.92 Å². The summed E-state index contributed by atoms with van der Waals surface area (Å²) >= 11 is 0. The standard InChI is InChI=1S/C9H14O5/c1-6(9(13)14-2)5-7(10)3-4-8(11)12/h6H,3-5H2,1-2H3,(H,11,12). The number of ether oxygens (including phenoxy) is 1. The van der Waals surface area contributed by atoms with Crippen molar-refractivity contribution in [2.45, 2.75) is 26.2 Å². The second-order valence-electron chi connectivity index (χ2n) is 3.06. The summed E-state index contributed by atoms with van der Waals surface area (Å²) in [6.07, 6.45) is -0.177. The molecule has 0 aliphatic heterocycles. The Morgan fingerprint density at radius 2 is 1.86 bits per heavy atom. The number of carboxylic acid groups (broad SMARTS) is 1. The number of hydrogen-bond donors (Lipinski definition) is 1. The number of hydrogen-bond acceptors (Lipinski definition) is 4. The van der Waals surface area contributed by atoms with E-state index in [0.717, 1.165) is 0 Å². The molecule has 0 aliphatic rings. The maximum absolute atomic E-state index is 11.1. The van der Waals surface area contributed by atoms with Crippen LogP contribution in [0.2, 0.25) is 0 Å². The lowest BCUT2D eigenvalue weighted by Gasteiger charge is -2.06. The van der Waals surface area contributed by atoms with Gasteiger partial charge in [0.1, 0.15) is 5.78 Å². The molecule has 0 bridgehead atoms. The van der Waals surface area contributed by atoms with Gasteiger partial charge in [0.05, 0.1) is 19.4 Å². The first-order valence-electron chi connectivity index (χ1n) is 4.28. The maximum Gasteiger partial charge on any atom is 0.308 e. The Balaban J connectivity index is 3.82. The Morgan fingerprint density at radius 1 is 1.29 bits per heavy atom. The minimum Gasteiger partial charge on any atom is -0.481 e. The fourth-order valence-electron chi connectivity index (χ4n) is 0.974. The van der Waals surface area contributed by atoms with Gasteiger partial charge in [-0.2, -0.15) is 0 Å². The smallest absolute Gasteiger partial charge is 0.308 e. The van der Waals surface area contributed by atoms with Crippen LogP contribution in [0.1, 0.15) is 26.2 Å². The van der Waals surface area contributed by atoms with Crippen LogP contribution in [0.4, 0.5) is 0 Å². The van der Waals surface area contributed by atoms with Crippen molar-refractivity contribution in [1.82, 2.24) is 0 Å². The number of ketones is 1. The van der Waals surface area contributed by atoms with Gasteiger partial charge in [0.25, 0.3) is 0 Å². The first-order chi connectivity index (χ1) is 6.47. The number of Topliss-reactive ketones (excluding diaryl/α,β-unsaturated/α-hetero) is 1. The molecule has 0 aromatic rings. The lowest BCUT2D eigenvalue weighted by Crippen LogP contribution is -2.17. The normalized spacial score (nSPS) is 11.9. The highest BCUT2D eigenvalue weighted by molar-refractivity contribution is 5.86. The molecule has 0 aromatic heterocycles. The molecule has 5 nitrogen and oxygen atoms in total. The van der Waals surface area contributed by atoms with Crippen molar-refractivity contribution < 1.29 is 24.2 Å². The van der Waals surface area contributed by atoms with E-state index in [0.29, 0.717) is 0 Å². The highest BCUT2D eigenvalue weighted by Crippen LogP contribution is 2.07. The van der Waals surface area contributed by atoms with Crippen LogP contribution in [-0.2, 0) is 19.1 Å². The highest BCUT2D eigenvalue weighted by atomic mass is 16.5. The first-order valence-corrected chi connectivity index (χ1v) is 4.28. The summed E-state index contributed by atoms with van der Waals surface area (Å²) in [6, 6.07) is 0. The summed E-state index contributed by atoms with van der Waals surface area (Å²) in [5.74, 6) is -2.19. The van der Waals surface area contributed by atoms with Gasteiger partial charge in [0.15, 0.2) is 0 Å². The molecular weight excluding hydrogens is 188 g/mol. The van der Waals surface area contributed by atoms with Crippen molar-refractivity contribution >= 4 is 17.7 Å². The van der Waals surface area contributed by atoms with Gasteiger partial charge in [0.2, 0.25) is 0 Å². The zero-order valence-corrected chi connectivity index (χ0v) is 8.28. The van der Waals surface area contributed by atoms with Gasteiger partial charge in [-0.3, -0.25) is 14.4 Å². The number of carbonyl (C=O) groups is 3. The van der Waals surface area contributed by atoms with Crippen LogP contribution in [0.25, 0.3) is 0 Å². The van der Waals surface area contributed by atoms with Crippen molar-refractivity contribution in [3.63, 3.8) is 0 Å². The van der Waals surface area contributed by atoms with E-state index >= 15 is 0 Å². The second-order valence-corrected chi connectivity index (χ2v) is 3.06. The van der Waals surface area contributed by atoms with Crippen LogP contribution in [0.3, 0.4) is 0 Å². The molecule has 0 fully saturated rings. The van der Waals surface area contributed by atoms with Crippen LogP contribution < -0.4 is 0 Å². The summed E-state index contributed by atoms with van der Waals surface area (Å²) in [5.41, 5.74) is 0. The first kappa shape index (κ1) is 12.6. The second kappa shape index (κ2) is 6.12. The fraction of sp³-hybridized carbons (Fsp3) is 0.667. The van der Waals surface area contributed by atoms with Crippen molar-refractivity contribution in [3.8, 4) is 0 Å². The lowest BCUT2D eigenvalue weighted by atomic mass is 10.0. The van der Waals surface area contributed by atoms with Gasteiger partial charge in [-0.05, 0) is 0 Å². The zero-order chi connectivity index (χ0) is 11.1. The van der Waals surface area contributed by atoms with Gasteiger partial charge in [-0.25, -0.2) is 0 Å². The van der Waals surface area contributed by atoms with Crippen LogP contribution in [-0.4, -0.2) is 29.9 Å². The third-order valence-electron chi connectivity index (χ3n) is 1.76. The van der Waals surface area contributed by atoms with Gasteiger partial charge in [-0.1, -0.05) is 6.92 Å². The maximum atomic E-state index is 11.1. The van der Waals surface area contributed by atoms with E-state index in [1.165, 1.54) is 7.11 Å². The van der Waals surface area contributed by atoms with Crippen molar-refractivity contribution in [3.05, 3.63) is 0 Å². The molecule has 0 radical (unpaired) electrons. The van der Waals surface area contributed by atoms with Crippen LogP contribution in [0.5, 0.6) is 0 Å². The molecular formula is C9H14O5. The van der Waals surface area contributed by atoms with Gasteiger partial charge < -0.3 is 9.84 Å². The van der Waals surface area contributed by atoms with Crippen LogP contribution >= 0.6 is 0 Å². The fourth-order valence-corrected chi connectivity index (χ4v) is 0.974. The molecule has 0 aromatic carbocycles. The Kier molecular flexibility index (Phi) is 5.52. The Morgan fingerprint density at radius 3 is 2.29 bits per heavy atom.